The standard InChI is InChI=1S/C15H21N3O2/c1-3-15(2)13(19)18(14(20)17-15)10-12(9-16)11-7-5-4-6-8-11/h4-8,12H,3,9-10,16H2,1-2H3,(H,17,20). The zero-order chi connectivity index (χ0) is 14.8. The first-order valence-corrected chi connectivity index (χ1v) is 6.91. The fourth-order valence-electron chi connectivity index (χ4n) is 2.41. The van der Waals surface area contributed by atoms with Crippen molar-refractivity contribution in [2.45, 2.75) is 31.7 Å². The van der Waals surface area contributed by atoms with E-state index in [-0.39, 0.29) is 17.9 Å². The van der Waals surface area contributed by atoms with Crippen LogP contribution in [-0.4, -0.2) is 35.5 Å². The first-order chi connectivity index (χ1) is 9.51. The van der Waals surface area contributed by atoms with Gasteiger partial charge in [-0.25, -0.2) is 4.79 Å². The highest BCUT2D eigenvalue weighted by Gasteiger charge is 2.46. The molecule has 1 saturated heterocycles. The van der Waals surface area contributed by atoms with Gasteiger partial charge < -0.3 is 11.1 Å². The molecule has 1 aromatic rings. The largest absolute Gasteiger partial charge is 0.330 e. The molecule has 2 atom stereocenters. The van der Waals surface area contributed by atoms with Crippen LogP contribution in [0.2, 0.25) is 0 Å². The molecule has 2 unspecified atom stereocenters. The van der Waals surface area contributed by atoms with Crippen molar-refractivity contribution < 1.29 is 9.59 Å². The van der Waals surface area contributed by atoms with E-state index in [1.807, 2.05) is 37.3 Å². The minimum atomic E-state index is -0.785. The van der Waals surface area contributed by atoms with E-state index in [2.05, 4.69) is 5.32 Å². The predicted octanol–water partition coefficient (Wildman–Crippen LogP) is 1.45. The molecule has 1 fully saturated rings. The van der Waals surface area contributed by atoms with Crippen molar-refractivity contribution in [2.75, 3.05) is 13.1 Å². The van der Waals surface area contributed by atoms with Gasteiger partial charge in [-0.3, -0.25) is 9.69 Å². The Morgan fingerprint density at radius 2 is 1.95 bits per heavy atom. The number of nitrogens with two attached hydrogens (primary N) is 1. The molecule has 0 aromatic heterocycles. The molecule has 1 aromatic carbocycles. The fourth-order valence-corrected chi connectivity index (χ4v) is 2.41. The minimum absolute atomic E-state index is 0.0369. The Hall–Kier alpha value is -1.88. The lowest BCUT2D eigenvalue weighted by Crippen LogP contribution is -2.43. The van der Waals surface area contributed by atoms with Crippen molar-refractivity contribution >= 4 is 11.9 Å². The molecule has 20 heavy (non-hydrogen) atoms. The normalized spacial score (nSPS) is 23.9. The summed E-state index contributed by atoms with van der Waals surface area (Å²) in [6, 6.07) is 9.40. The van der Waals surface area contributed by atoms with Crippen molar-refractivity contribution in [3.63, 3.8) is 0 Å². The number of urea groups is 1. The van der Waals surface area contributed by atoms with Crippen LogP contribution in [0.25, 0.3) is 0 Å². The van der Waals surface area contributed by atoms with Crippen LogP contribution >= 0.6 is 0 Å². The van der Waals surface area contributed by atoms with Gasteiger partial charge in [0.05, 0.1) is 0 Å². The molecule has 1 aliphatic rings. The van der Waals surface area contributed by atoms with Crippen LogP contribution in [-0.2, 0) is 4.79 Å². The quantitative estimate of drug-likeness (QED) is 0.799. The molecule has 108 valence electrons. The maximum atomic E-state index is 12.4. The number of nitrogens with zero attached hydrogens (tertiary/aromatic N) is 1. The number of benzene rings is 1. The lowest BCUT2D eigenvalue weighted by atomic mass is 9.96. The predicted molar refractivity (Wildman–Crippen MR) is 77.2 cm³/mol. The molecular formula is C15H21N3O2. The Balaban J connectivity index is 2.17. The van der Waals surface area contributed by atoms with Gasteiger partial charge in [0.1, 0.15) is 5.54 Å². The van der Waals surface area contributed by atoms with E-state index in [0.29, 0.717) is 19.5 Å². The third-order valence-electron chi connectivity index (χ3n) is 4.01. The Morgan fingerprint density at radius 3 is 2.45 bits per heavy atom. The summed E-state index contributed by atoms with van der Waals surface area (Å²) in [6.07, 6.45) is 0.576. The molecule has 5 heteroatoms. The van der Waals surface area contributed by atoms with E-state index in [0.717, 1.165) is 5.56 Å². The number of hydrogen-bond donors (Lipinski definition) is 2. The second-order valence-electron chi connectivity index (χ2n) is 5.37. The molecule has 0 saturated carbocycles. The molecule has 3 N–H and O–H groups in total. The van der Waals surface area contributed by atoms with Crippen LogP contribution in [0.15, 0.2) is 30.3 Å². The van der Waals surface area contributed by atoms with Gasteiger partial charge in [-0.15, -0.1) is 0 Å². The SMILES string of the molecule is CCC1(C)NC(=O)N(CC(CN)c2ccccc2)C1=O. The summed E-state index contributed by atoms with van der Waals surface area (Å²) in [5, 5.41) is 2.76. The summed E-state index contributed by atoms with van der Waals surface area (Å²) < 4.78 is 0. The van der Waals surface area contributed by atoms with Crippen LogP contribution in [0.1, 0.15) is 31.7 Å². The van der Waals surface area contributed by atoms with E-state index in [1.165, 1.54) is 4.90 Å². The molecule has 3 amide bonds. The zero-order valence-corrected chi connectivity index (χ0v) is 11.9. The third kappa shape index (κ3) is 2.54. The molecule has 0 bridgehead atoms. The van der Waals surface area contributed by atoms with Crippen molar-refractivity contribution in [1.82, 2.24) is 10.2 Å². The topological polar surface area (TPSA) is 75.4 Å². The van der Waals surface area contributed by atoms with Gasteiger partial charge in [-0.2, -0.15) is 0 Å². The van der Waals surface area contributed by atoms with Gasteiger partial charge in [-0.1, -0.05) is 37.3 Å². The number of carbonyl (C=O) groups is 2. The van der Waals surface area contributed by atoms with Gasteiger partial charge >= 0.3 is 6.03 Å². The monoisotopic (exact) mass is 275 g/mol. The van der Waals surface area contributed by atoms with Crippen LogP contribution in [0.4, 0.5) is 4.79 Å². The Bertz CT molecular complexity index is 503. The van der Waals surface area contributed by atoms with Gasteiger partial charge in [0.15, 0.2) is 0 Å². The summed E-state index contributed by atoms with van der Waals surface area (Å²) in [7, 11) is 0. The lowest BCUT2D eigenvalue weighted by molar-refractivity contribution is -0.131. The molecule has 0 radical (unpaired) electrons. The lowest BCUT2D eigenvalue weighted by Gasteiger charge is -2.23. The highest BCUT2D eigenvalue weighted by Crippen LogP contribution is 2.24. The van der Waals surface area contributed by atoms with Crippen LogP contribution in [0.3, 0.4) is 0 Å². The average molecular weight is 275 g/mol. The van der Waals surface area contributed by atoms with Gasteiger partial charge in [0, 0.05) is 19.0 Å². The fraction of sp³-hybridized carbons (Fsp3) is 0.467. The van der Waals surface area contributed by atoms with Crippen molar-refractivity contribution in [2.24, 2.45) is 5.73 Å². The maximum absolute atomic E-state index is 12.4. The van der Waals surface area contributed by atoms with E-state index in [4.69, 9.17) is 5.73 Å². The highest BCUT2D eigenvalue weighted by atomic mass is 16.2. The Kier molecular flexibility index (Phi) is 4.09. The Morgan fingerprint density at radius 1 is 1.30 bits per heavy atom. The summed E-state index contributed by atoms with van der Waals surface area (Å²) >= 11 is 0. The number of amides is 3. The molecule has 5 nitrogen and oxygen atoms in total. The van der Waals surface area contributed by atoms with Crippen molar-refractivity contribution in [3.05, 3.63) is 35.9 Å². The van der Waals surface area contributed by atoms with Crippen LogP contribution < -0.4 is 11.1 Å². The molecule has 1 aliphatic heterocycles. The second-order valence-corrected chi connectivity index (χ2v) is 5.37. The maximum Gasteiger partial charge on any atom is 0.325 e. The number of rotatable bonds is 5. The van der Waals surface area contributed by atoms with Crippen molar-refractivity contribution in [1.29, 1.82) is 0 Å². The minimum Gasteiger partial charge on any atom is -0.330 e. The number of hydrogen-bond acceptors (Lipinski definition) is 3. The van der Waals surface area contributed by atoms with E-state index in [1.54, 1.807) is 6.92 Å². The number of imide groups is 1. The first-order valence-electron chi connectivity index (χ1n) is 6.91. The molecule has 2 rings (SSSR count). The number of nitrogens with one attached hydrogen (secondary N) is 1. The summed E-state index contributed by atoms with van der Waals surface area (Å²) in [5.74, 6) is -0.204. The first kappa shape index (κ1) is 14.5. The zero-order valence-electron chi connectivity index (χ0n) is 11.9. The van der Waals surface area contributed by atoms with E-state index < -0.39 is 5.54 Å². The summed E-state index contributed by atoms with van der Waals surface area (Å²) in [6.45, 7) is 4.36. The third-order valence-corrected chi connectivity index (χ3v) is 4.01. The van der Waals surface area contributed by atoms with Gasteiger partial charge in [0.25, 0.3) is 5.91 Å². The average Bonchev–Trinajstić information content (AvgIpc) is 2.69. The van der Waals surface area contributed by atoms with Crippen molar-refractivity contribution in [3.8, 4) is 0 Å². The van der Waals surface area contributed by atoms with E-state index in [9.17, 15) is 9.59 Å². The molecule has 0 spiro atoms. The summed E-state index contributed by atoms with van der Waals surface area (Å²) in [4.78, 5) is 25.6. The summed E-state index contributed by atoms with van der Waals surface area (Å²) in [5.41, 5.74) is 6.06. The van der Waals surface area contributed by atoms with Gasteiger partial charge in [0.2, 0.25) is 0 Å². The molecule has 0 aliphatic carbocycles. The smallest absolute Gasteiger partial charge is 0.325 e. The highest BCUT2D eigenvalue weighted by molar-refractivity contribution is 6.06. The van der Waals surface area contributed by atoms with Gasteiger partial charge in [-0.05, 0) is 18.9 Å². The van der Waals surface area contributed by atoms with E-state index >= 15 is 0 Å². The molecule has 1 heterocycles. The second kappa shape index (κ2) is 5.63. The van der Waals surface area contributed by atoms with Crippen LogP contribution in [0, 0.1) is 0 Å². The Labute approximate surface area is 119 Å². The number of carbonyl (C=O) groups excluding carboxylic acids is 2. The van der Waals surface area contributed by atoms with Crippen LogP contribution in [0.5, 0.6) is 0 Å². The molecular weight excluding hydrogens is 254 g/mol.